The highest BCUT2D eigenvalue weighted by Gasteiger charge is 2.46. The number of piperidine rings is 2. The molecule has 0 saturated carbocycles. The summed E-state index contributed by atoms with van der Waals surface area (Å²) in [7, 11) is 0. The van der Waals surface area contributed by atoms with E-state index in [2.05, 4.69) is 0 Å². The third-order valence-corrected chi connectivity index (χ3v) is 7.83. The molecule has 1 amide bonds. The molecule has 0 aliphatic carbocycles. The summed E-state index contributed by atoms with van der Waals surface area (Å²) in [6.45, 7) is 3.21. The highest BCUT2D eigenvalue weighted by Crippen LogP contribution is 2.42. The Labute approximate surface area is 220 Å². The minimum atomic E-state index is -4.29. The second kappa shape index (κ2) is 11.8. The van der Waals surface area contributed by atoms with Crippen molar-refractivity contribution in [2.45, 2.75) is 51.1 Å². The van der Waals surface area contributed by atoms with E-state index in [1.807, 2.05) is 0 Å². The van der Waals surface area contributed by atoms with Gasteiger partial charge in [0, 0.05) is 50.0 Å². The zero-order valence-corrected chi connectivity index (χ0v) is 21.5. The highest BCUT2D eigenvalue weighted by atomic mass is 19.4. The van der Waals surface area contributed by atoms with Crippen LogP contribution in [0.3, 0.4) is 0 Å². The molecule has 5 nitrogen and oxygen atoms in total. The monoisotopic (exact) mass is 534 g/mol. The van der Waals surface area contributed by atoms with E-state index in [9.17, 15) is 32.3 Å². The molecule has 0 spiro atoms. The number of Topliss-reactive ketones (excluding diaryl/α,β-unsaturated/α-hetero) is 1. The number of benzene rings is 2. The van der Waals surface area contributed by atoms with Gasteiger partial charge in [-0.15, -0.1) is 0 Å². The maximum atomic E-state index is 14.7. The molecule has 0 radical (unpaired) electrons. The fourth-order valence-corrected chi connectivity index (χ4v) is 5.94. The van der Waals surface area contributed by atoms with Gasteiger partial charge < -0.3 is 14.9 Å². The number of hydrogen-bond donors (Lipinski definition) is 1. The average molecular weight is 535 g/mol. The van der Waals surface area contributed by atoms with Crippen LogP contribution < -0.4 is 0 Å². The van der Waals surface area contributed by atoms with Crippen molar-refractivity contribution in [3.8, 4) is 5.75 Å². The standard InChI is InChI=1S/C29H34F4N2O3/c1-19-22(10-6-11-25(19)30)26-23(27(37)20-8-5-9-21(36)16-20)17-34(13-7-12-29(31,32)33)18-24(26)28(38)35-14-3-2-4-15-35/h5-6,8-11,16,23-24,26,36H,2-4,7,12-15,17-18H2,1H3/t23-,24-,26-/m0/s1. The summed E-state index contributed by atoms with van der Waals surface area (Å²) in [6, 6.07) is 10.5. The summed E-state index contributed by atoms with van der Waals surface area (Å²) in [5.41, 5.74) is 1.16. The molecule has 2 heterocycles. The molecular formula is C29H34F4N2O3. The zero-order chi connectivity index (χ0) is 27.4. The zero-order valence-electron chi connectivity index (χ0n) is 21.5. The van der Waals surface area contributed by atoms with Gasteiger partial charge in [0.1, 0.15) is 11.6 Å². The Bertz CT molecular complexity index is 1150. The van der Waals surface area contributed by atoms with Crippen LogP contribution in [0, 0.1) is 24.6 Å². The Hall–Kier alpha value is -2.94. The molecule has 2 fully saturated rings. The summed E-state index contributed by atoms with van der Waals surface area (Å²) >= 11 is 0. The number of alkyl halides is 3. The summed E-state index contributed by atoms with van der Waals surface area (Å²) in [4.78, 5) is 31.4. The van der Waals surface area contributed by atoms with Gasteiger partial charge in [0.25, 0.3) is 0 Å². The molecule has 4 rings (SSSR count). The molecule has 3 atom stereocenters. The summed E-state index contributed by atoms with van der Waals surface area (Å²) < 4.78 is 53.4. The minimum absolute atomic E-state index is 0.0853. The first-order chi connectivity index (χ1) is 18.0. The molecule has 206 valence electrons. The van der Waals surface area contributed by atoms with Crippen LogP contribution in [-0.4, -0.2) is 65.5 Å². The van der Waals surface area contributed by atoms with Crippen molar-refractivity contribution in [3.05, 3.63) is 65.0 Å². The van der Waals surface area contributed by atoms with E-state index in [1.54, 1.807) is 41.0 Å². The van der Waals surface area contributed by atoms with Crippen molar-refractivity contribution in [2.75, 3.05) is 32.7 Å². The summed E-state index contributed by atoms with van der Waals surface area (Å²) in [5, 5.41) is 10.00. The number of rotatable bonds is 7. The lowest BCUT2D eigenvalue weighted by atomic mass is 9.69. The Morgan fingerprint density at radius 3 is 2.37 bits per heavy atom. The van der Waals surface area contributed by atoms with Crippen LogP contribution in [-0.2, 0) is 4.79 Å². The summed E-state index contributed by atoms with van der Waals surface area (Å²) in [6.07, 6.45) is -2.65. The van der Waals surface area contributed by atoms with Gasteiger partial charge in [-0.1, -0.05) is 24.3 Å². The predicted molar refractivity (Wildman–Crippen MR) is 135 cm³/mol. The van der Waals surface area contributed by atoms with Crippen LogP contribution in [0.5, 0.6) is 5.75 Å². The van der Waals surface area contributed by atoms with Crippen molar-refractivity contribution in [2.24, 2.45) is 11.8 Å². The smallest absolute Gasteiger partial charge is 0.389 e. The van der Waals surface area contributed by atoms with Gasteiger partial charge in [0.2, 0.25) is 5.91 Å². The number of halogens is 4. The summed E-state index contributed by atoms with van der Waals surface area (Å²) in [5.74, 6) is -3.20. The Kier molecular flexibility index (Phi) is 8.75. The third-order valence-electron chi connectivity index (χ3n) is 7.83. The van der Waals surface area contributed by atoms with Crippen LogP contribution in [0.1, 0.15) is 59.5 Å². The first-order valence-corrected chi connectivity index (χ1v) is 13.2. The number of phenols is 1. The number of likely N-dealkylation sites (tertiary alicyclic amines) is 2. The number of hydrogen-bond acceptors (Lipinski definition) is 4. The molecule has 38 heavy (non-hydrogen) atoms. The second-order valence-corrected chi connectivity index (χ2v) is 10.5. The largest absolute Gasteiger partial charge is 0.508 e. The van der Waals surface area contributed by atoms with Crippen LogP contribution in [0.4, 0.5) is 17.6 Å². The quantitative estimate of drug-likeness (QED) is 0.365. The topological polar surface area (TPSA) is 60.9 Å². The molecule has 0 aromatic heterocycles. The minimum Gasteiger partial charge on any atom is -0.508 e. The van der Waals surface area contributed by atoms with Gasteiger partial charge in [0.15, 0.2) is 5.78 Å². The van der Waals surface area contributed by atoms with Gasteiger partial charge in [-0.2, -0.15) is 13.2 Å². The molecule has 2 aromatic rings. The van der Waals surface area contributed by atoms with Gasteiger partial charge >= 0.3 is 6.18 Å². The number of ketones is 1. The van der Waals surface area contributed by atoms with Crippen LogP contribution in [0.2, 0.25) is 0 Å². The SMILES string of the molecule is Cc1c(F)cccc1[C@H]1[C@@H](C(=O)c2cccc(O)c2)CN(CCCC(F)(F)F)C[C@@H]1C(=O)N1CCCCC1. The number of phenolic OH excluding ortho intramolecular Hbond substituents is 1. The number of nitrogens with zero attached hydrogens (tertiary/aromatic N) is 2. The maximum absolute atomic E-state index is 14.7. The first-order valence-electron chi connectivity index (χ1n) is 13.2. The van der Waals surface area contributed by atoms with Gasteiger partial charge in [-0.05, 0) is 68.5 Å². The molecule has 0 unspecified atom stereocenters. The van der Waals surface area contributed by atoms with Gasteiger partial charge in [-0.3, -0.25) is 9.59 Å². The van der Waals surface area contributed by atoms with E-state index in [4.69, 9.17) is 0 Å². The fourth-order valence-electron chi connectivity index (χ4n) is 5.94. The number of carbonyl (C=O) groups is 2. The second-order valence-electron chi connectivity index (χ2n) is 10.5. The van der Waals surface area contributed by atoms with E-state index < -0.39 is 36.2 Å². The lowest BCUT2D eigenvalue weighted by Crippen LogP contribution is -2.54. The third kappa shape index (κ3) is 6.54. The van der Waals surface area contributed by atoms with Crippen molar-refractivity contribution in [1.82, 2.24) is 9.80 Å². The van der Waals surface area contributed by atoms with E-state index in [0.717, 1.165) is 19.3 Å². The van der Waals surface area contributed by atoms with Crippen molar-refractivity contribution < 1.29 is 32.3 Å². The first kappa shape index (κ1) is 28.1. The van der Waals surface area contributed by atoms with E-state index in [1.165, 1.54) is 18.2 Å². The lowest BCUT2D eigenvalue weighted by Gasteiger charge is -2.45. The van der Waals surface area contributed by atoms with Crippen molar-refractivity contribution in [1.29, 1.82) is 0 Å². The normalized spacial score (nSPS) is 22.9. The average Bonchev–Trinajstić information content (AvgIpc) is 2.89. The molecule has 2 aromatic carbocycles. The Balaban J connectivity index is 1.76. The number of carbonyl (C=O) groups excluding carboxylic acids is 2. The van der Waals surface area contributed by atoms with Crippen molar-refractivity contribution in [3.63, 3.8) is 0 Å². The fraction of sp³-hybridized carbons (Fsp3) is 0.517. The molecule has 9 heteroatoms. The van der Waals surface area contributed by atoms with Crippen LogP contribution in [0.15, 0.2) is 42.5 Å². The Morgan fingerprint density at radius 2 is 1.68 bits per heavy atom. The lowest BCUT2D eigenvalue weighted by molar-refractivity contribution is -0.142. The maximum Gasteiger partial charge on any atom is 0.389 e. The molecule has 2 aliphatic heterocycles. The number of amides is 1. The highest BCUT2D eigenvalue weighted by molar-refractivity contribution is 5.99. The van der Waals surface area contributed by atoms with Crippen LogP contribution >= 0.6 is 0 Å². The molecule has 0 bridgehead atoms. The van der Waals surface area contributed by atoms with Crippen molar-refractivity contribution >= 4 is 11.7 Å². The molecule has 1 N–H and O–H groups in total. The predicted octanol–water partition coefficient (Wildman–Crippen LogP) is 5.71. The van der Waals surface area contributed by atoms with Gasteiger partial charge in [-0.25, -0.2) is 4.39 Å². The number of aromatic hydroxyl groups is 1. The Morgan fingerprint density at radius 1 is 1.00 bits per heavy atom. The van der Waals surface area contributed by atoms with E-state index >= 15 is 0 Å². The van der Waals surface area contributed by atoms with Crippen LogP contribution in [0.25, 0.3) is 0 Å². The van der Waals surface area contributed by atoms with Gasteiger partial charge in [0.05, 0.1) is 5.92 Å². The molecule has 2 aliphatic rings. The molecule has 2 saturated heterocycles. The van der Waals surface area contributed by atoms with E-state index in [-0.39, 0.29) is 49.1 Å². The van der Waals surface area contributed by atoms with E-state index in [0.29, 0.717) is 24.2 Å². The molecular weight excluding hydrogens is 500 g/mol.